The van der Waals surface area contributed by atoms with Crippen molar-refractivity contribution >= 4 is 5.91 Å². The van der Waals surface area contributed by atoms with Crippen LogP contribution < -0.4 is 5.32 Å². The van der Waals surface area contributed by atoms with Gasteiger partial charge >= 0.3 is 0 Å². The fourth-order valence-corrected chi connectivity index (χ4v) is 2.82. The van der Waals surface area contributed by atoms with E-state index in [4.69, 9.17) is 4.74 Å². The molecule has 0 bridgehead atoms. The minimum atomic E-state index is 0.0192. The lowest BCUT2D eigenvalue weighted by Gasteiger charge is -2.27. The van der Waals surface area contributed by atoms with Gasteiger partial charge in [-0.05, 0) is 31.1 Å². The van der Waals surface area contributed by atoms with Crippen molar-refractivity contribution in [2.24, 2.45) is 11.8 Å². The average Bonchev–Trinajstić information content (AvgIpc) is 3.18. The highest BCUT2D eigenvalue weighted by Gasteiger charge is 2.39. The molecule has 2 unspecified atom stereocenters. The maximum absolute atomic E-state index is 12.5. The predicted octanol–water partition coefficient (Wildman–Crippen LogP) is 2.39. The predicted molar refractivity (Wildman–Crippen MR) is 80.3 cm³/mol. The maximum Gasteiger partial charge on any atom is 0.241 e. The second-order valence-corrected chi connectivity index (χ2v) is 6.60. The van der Waals surface area contributed by atoms with Gasteiger partial charge in [0.2, 0.25) is 5.91 Å². The molecule has 116 valence electrons. The molecular weight excluding hydrogens is 252 g/mol. The first-order valence-electron chi connectivity index (χ1n) is 8.27. The Morgan fingerprint density at radius 3 is 2.75 bits per heavy atom. The second kappa shape index (κ2) is 7.41. The zero-order valence-electron chi connectivity index (χ0n) is 13.2. The third-order valence-corrected chi connectivity index (χ3v) is 4.29. The van der Waals surface area contributed by atoms with Crippen molar-refractivity contribution in [2.75, 3.05) is 19.8 Å². The van der Waals surface area contributed by atoms with Crippen molar-refractivity contribution in [1.82, 2.24) is 10.2 Å². The van der Waals surface area contributed by atoms with Gasteiger partial charge in [-0.3, -0.25) is 10.1 Å². The number of ether oxygens (including phenoxy) is 1. The van der Waals surface area contributed by atoms with E-state index in [9.17, 15) is 4.79 Å². The number of unbranched alkanes of at least 4 members (excludes halogenated alkanes) is 1. The van der Waals surface area contributed by atoms with E-state index in [0.29, 0.717) is 12.5 Å². The van der Waals surface area contributed by atoms with E-state index < -0.39 is 0 Å². The monoisotopic (exact) mass is 282 g/mol. The van der Waals surface area contributed by atoms with Crippen LogP contribution in [0.3, 0.4) is 0 Å². The SMILES string of the molecule is CCCCC1NC(C(C)C)N(CCOCC2CC2)C1=O. The highest BCUT2D eigenvalue weighted by atomic mass is 16.5. The van der Waals surface area contributed by atoms with E-state index >= 15 is 0 Å². The molecule has 1 saturated carbocycles. The fraction of sp³-hybridized carbons (Fsp3) is 0.938. The number of carbonyl (C=O) groups excluding carboxylic acids is 1. The smallest absolute Gasteiger partial charge is 0.241 e. The number of rotatable bonds is 9. The number of nitrogens with zero attached hydrogens (tertiary/aromatic N) is 1. The largest absolute Gasteiger partial charge is 0.379 e. The molecule has 0 spiro atoms. The number of nitrogens with one attached hydrogen (secondary N) is 1. The lowest BCUT2D eigenvalue weighted by Crippen LogP contribution is -2.43. The van der Waals surface area contributed by atoms with Gasteiger partial charge in [-0.15, -0.1) is 0 Å². The molecule has 20 heavy (non-hydrogen) atoms. The van der Waals surface area contributed by atoms with Crippen molar-refractivity contribution < 1.29 is 9.53 Å². The van der Waals surface area contributed by atoms with Crippen molar-refractivity contribution in [3.63, 3.8) is 0 Å². The van der Waals surface area contributed by atoms with E-state index in [1.807, 2.05) is 4.90 Å². The van der Waals surface area contributed by atoms with Gasteiger partial charge in [-0.25, -0.2) is 0 Å². The van der Waals surface area contributed by atoms with Gasteiger partial charge in [-0.2, -0.15) is 0 Å². The van der Waals surface area contributed by atoms with Gasteiger partial charge in [-0.1, -0.05) is 33.6 Å². The topological polar surface area (TPSA) is 41.6 Å². The average molecular weight is 282 g/mol. The lowest BCUT2D eigenvalue weighted by molar-refractivity contribution is -0.131. The summed E-state index contributed by atoms with van der Waals surface area (Å²) >= 11 is 0. The Bertz CT molecular complexity index is 316. The maximum atomic E-state index is 12.5. The number of hydrogen-bond donors (Lipinski definition) is 1. The van der Waals surface area contributed by atoms with Crippen LogP contribution in [-0.4, -0.2) is 42.8 Å². The lowest BCUT2D eigenvalue weighted by atomic mass is 10.1. The third-order valence-electron chi connectivity index (χ3n) is 4.29. The molecule has 1 N–H and O–H groups in total. The van der Waals surface area contributed by atoms with E-state index in [1.54, 1.807) is 0 Å². The summed E-state index contributed by atoms with van der Waals surface area (Å²) in [6.45, 7) is 8.79. The van der Waals surface area contributed by atoms with Gasteiger partial charge in [0.15, 0.2) is 0 Å². The van der Waals surface area contributed by atoms with Crippen molar-refractivity contribution in [3.8, 4) is 0 Å². The molecule has 0 aromatic carbocycles. The number of amides is 1. The van der Waals surface area contributed by atoms with Crippen LogP contribution in [0.2, 0.25) is 0 Å². The number of hydrogen-bond acceptors (Lipinski definition) is 3. The van der Waals surface area contributed by atoms with Crippen molar-refractivity contribution in [1.29, 1.82) is 0 Å². The van der Waals surface area contributed by atoms with Crippen LogP contribution >= 0.6 is 0 Å². The molecule has 1 amide bonds. The van der Waals surface area contributed by atoms with Crippen LogP contribution in [0.5, 0.6) is 0 Å². The molecule has 0 aromatic rings. The Kier molecular flexibility index (Phi) is 5.85. The van der Waals surface area contributed by atoms with Crippen molar-refractivity contribution in [3.05, 3.63) is 0 Å². The molecule has 4 heteroatoms. The highest BCUT2D eigenvalue weighted by molar-refractivity contribution is 5.84. The van der Waals surface area contributed by atoms with E-state index in [2.05, 4.69) is 26.1 Å². The van der Waals surface area contributed by atoms with E-state index in [1.165, 1.54) is 12.8 Å². The summed E-state index contributed by atoms with van der Waals surface area (Å²) in [6.07, 6.45) is 6.02. The number of carbonyl (C=O) groups is 1. The van der Waals surface area contributed by atoms with Crippen molar-refractivity contribution in [2.45, 2.75) is 65.1 Å². The molecule has 1 aliphatic heterocycles. The molecule has 1 saturated heterocycles. The Balaban J connectivity index is 1.80. The summed E-state index contributed by atoms with van der Waals surface area (Å²) in [6, 6.07) is 0.0192. The van der Waals surface area contributed by atoms with Crippen LogP contribution in [0, 0.1) is 11.8 Å². The van der Waals surface area contributed by atoms with Gasteiger partial charge < -0.3 is 9.64 Å². The standard InChI is InChI=1S/C16H30N2O2/c1-4-5-6-14-16(19)18(15(17-14)12(2)3)9-10-20-11-13-7-8-13/h12-15,17H,4-11H2,1-3H3. The summed E-state index contributed by atoms with van der Waals surface area (Å²) in [4.78, 5) is 14.5. The minimum Gasteiger partial charge on any atom is -0.379 e. The molecule has 0 radical (unpaired) electrons. The second-order valence-electron chi connectivity index (χ2n) is 6.60. The summed E-state index contributed by atoms with van der Waals surface area (Å²) in [5, 5.41) is 3.51. The molecular formula is C16H30N2O2. The van der Waals surface area contributed by atoms with E-state index in [-0.39, 0.29) is 18.1 Å². The summed E-state index contributed by atoms with van der Waals surface area (Å²) in [5.74, 6) is 1.50. The summed E-state index contributed by atoms with van der Waals surface area (Å²) in [7, 11) is 0. The molecule has 2 fully saturated rings. The van der Waals surface area contributed by atoms with E-state index in [0.717, 1.165) is 38.3 Å². The third kappa shape index (κ3) is 4.19. The summed E-state index contributed by atoms with van der Waals surface area (Å²) in [5.41, 5.74) is 0. The quantitative estimate of drug-likeness (QED) is 0.660. The Morgan fingerprint density at radius 1 is 1.40 bits per heavy atom. The van der Waals surface area contributed by atoms with Crippen LogP contribution in [0.25, 0.3) is 0 Å². The normalized spacial score (nSPS) is 26.8. The minimum absolute atomic E-state index is 0.0192. The highest BCUT2D eigenvalue weighted by Crippen LogP contribution is 2.28. The van der Waals surface area contributed by atoms with Crippen LogP contribution in [0.15, 0.2) is 0 Å². The van der Waals surface area contributed by atoms with Crippen LogP contribution in [-0.2, 0) is 9.53 Å². The molecule has 2 aliphatic rings. The first-order valence-corrected chi connectivity index (χ1v) is 8.27. The van der Waals surface area contributed by atoms with Crippen LogP contribution in [0.1, 0.15) is 52.9 Å². The molecule has 1 heterocycles. The molecule has 2 rings (SSSR count). The van der Waals surface area contributed by atoms with Gasteiger partial charge in [0, 0.05) is 13.2 Å². The van der Waals surface area contributed by atoms with Gasteiger partial charge in [0.05, 0.1) is 18.8 Å². The van der Waals surface area contributed by atoms with Gasteiger partial charge in [0.1, 0.15) is 0 Å². The van der Waals surface area contributed by atoms with Gasteiger partial charge in [0.25, 0.3) is 0 Å². The Hall–Kier alpha value is -0.610. The molecule has 2 atom stereocenters. The van der Waals surface area contributed by atoms with Crippen LogP contribution in [0.4, 0.5) is 0 Å². The first kappa shape index (κ1) is 15.8. The zero-order valence-corrected chi connectivity index (χ0v) is 13.2. The summed E-state index contributed by atoms with van der Waals surface area (Å²) < 4.78 is 5.69. The molecule has 4 nitrogen and oxygen atoms in total. The Labute approximate surface area is 123 Å². The Morgan fingerprint density at radius 2 is 2.15 bits per heavy atom. The fourth-order valence-electron chi connectivity index (χ4n) is 2.82. The molecule has 0 aromatic heterocycles. The molecule has 1 aliphatic carbocycles. The zero-order chi connectivity index (χ0) is 14.5. The first-order chi connectivity index (χ1) is 9.63.